The summed E-state index contributed by atoms with van der Waals surface area (Å²) in [4.78, 5) is 25.5. The van der Waals surface area contributed by atoms with Crippen LogP contribution in [0.15, 0.2) is 12.3 Å². The molecule has 1 aliphatic heterocycles. The molecule has 1 fully saturated rings. The summed E-state index contributed by atoms with van der Waals surface area (Å²) in [6, 6.07) is 1.84. The lowest BCUT2D eigenvalue weighted by Gasteiger charge is -2.33. The molecule has 9 heteroatoms. The zero-order valence-corrected chi connectivity index (χ0v) is 15.6. The fourth-order valence-corrected chi connectivity index (χ4v) is 3.59. The van der Waals surface area contributed by atoms with Gasteiger partial charge in [0.05, 0.1) is 16.4 Å². The number of carboxylic acid groups (broad SMARTS) is 1. The van der Waals surface area contributed by atoms with Crippen LogP contribution in [0.25, 0.3) is 0 Å². The molecule has 0 spiro atoms. The van der Waals surface area contributed by atoms with Crippen molar-refractivity contribution in [3.63, 3.8) is 0 Å². The second-order valence-corrected chi connectivity index (χ2v) is 7.01. The van der Waals surface area contributed by atoms with E-state index in [0.717, 1.165) is 24.2 Å². The fourth-order valence-electron chi connectivity index (χ4n) is 3.45. The van der Waals surface area contributed by atoms with Gasteiger partial charge in [0.2, 0.25) is 5.91 Å². The molecule has 0 radical (unpaired) electrons. The maximum atomic E-state index is 12.7. The molecule has 0 aromatic carbocycles. The number of likely N-dealkylation sites (tertiary alicyclic amines) is 1. The van der Waals surface area contributed by atoms with Gasteiger partial charge in [-0.1, -0.05) is 11.6 Å². The Bertz CT molecular complexity index is 828. The van der Waals surface area contributed by atoms with Gasteiger partial charge >= 0.3 is 5.97 Å². The topological polar surface area (TPSA) is 93.3 Å². The Morgan fingerprint density at radius 1 is 1.31 bits per heavy atom. The summed E-state index contributed by atoms with van der Waals surface area (Å²) in [5.74, 6) is -0.861. The van der Waals surface area contributed by atoms with Crippen molar-refractivity contribution >= 4 is 23.5 Å². The molecule has 1 atom stereocenters. The molecule has 1 saturated heterocycles. The normalized spacial score (nSPS) is 17.5. The second kappa shape index (κ2) is 7.49. The summed E-state index contributed by atoms with van der Waals surface area (Å²) in [5.41, 5.74) is 2.36. The van der Waals surface area contributed by atoms with Crippen molar-refractivity contribution < 1.29 is 14.7 Å². The number of aromatic nitrogens is 4. The summed E-state index contributed by atoms with van der Waals surface area (Å²) in [6.07, 6.45) is 3.38. The zero-order chi connectivity index (χ0) is 18.8. The van der Waals surface area contributed by atoms with E-state index in [0.29, 0.717) is 23.8 Å². The Kier molecular flexibility index (Phi) is 5.31. The number of halogens is 1. The van der Waals surface area contributed by atoms with Gasteiger partial charge in [0.1, 0.15) is 13.1 Å². The van der Waals surface area contributed by atoms with Crippen molar-refractivity contribution in [1.29, 1.82) is 0 Å². The molecule has 1 amide bonds. The standard InChI is InChI=1S/C17H22ClN5O3/c1-11-17(18)12(2)22(20-11)9-15(24)21-7-3-4-13(8-21)14-5-6-19-23(14)10-16(25)26/h5-6,13H,3-4,7-10H2,1-2H3,(H,25,26)/t13-/m0/s1. The number of aliphatic carboxylic acids is 1. The van der Waals surface area contributed by atoms with E-state index in [1.165, 1.54) is 4.68 Å². The Morgan fingerprint density at radius 3 is 2.73 bits per heavy atom. The van der Waals surface area contributed by atoms with Crippen molar-refractivity contribution in [2.75, 3.05) is 13.1 Å². The van der Waals surface area contributed by atoms with Crippen molar-refractivity contribution in [3.05, 3.63) is 34.4 Å². The molecule has 3 heterocycles. The highest BCUT2D eigenvalue weighted by molar-refractivity contribution is 6.31. The first kappa shape index (κ1) is 18.4. The van der Waals surface area contributed by atoms with Crippen LogP contribution in [0.4, 0.5) is 0 Å². The van der Waals surface area contributed by atoms with Crippen molar-refractivity contribution in [2.45, 2.75) is 45.7 Å². The van der Waals surface area contributed by atoms with Gasteiger partial charge < -0.3 is 10.0 Å². The van der Waals surface area contributed by atoms with E-state index >= 15 is 0 Å². The van der Waals surface area contributed by atoms with E-state index in [4.69, 9.17) is 16.7 Å². The molecule has 140 valence electrons. The van der Waals surface area contributed by atoms with E-state index < -0.39 is 5.97 Å². The molecule has 2 aromatic heterocycles. The van der Waals surface area contributed by atoms with Crippen LogP contribution >= 0.6 is 11.6 Å². The first-order chi connectivity index (χ1) is 12.4. The van der Waals surface area contributed by atoms with Crippen LogP contribution in [0.3, 0.4) is 0 Å². The lowest BCUT2D eigenvalue weighted by molar-refractivity contribution is -0.138. The summed E-state index contributed by atoms with van der Waals surface area (Å²) in [6.45, 7) is 4.89. The van der Waals surface area contributed by atoms with Crippen LogP contribution in [0.5, 0.6) is 0 Å². The average Bonchev–Trinajstić information content (AvgIpc) is 3.15. The number of rotatable bonds is 5. The predicted octanol–water partition coefficient (Wildman–Crippen LogP) is 1.84. The Labute approximate surface area is 156 Å². The first-order valence-corrected chi connectivity index (χ1v) is 8.95. The highest BCUT2D eigenvalue weighted by Gasteiger charge is 2.27. The van der Waals surface area contributed by atoms with Gasteiger partial charge in [-0.05, 0) is 32.8 Å². The SMILES string of the molecule is Cc1nn(CC(=O)N2CCC[C@H](c3ccnn3CC(=O)O)C2)c(C)c1Cl. The number of hydrogen-bond acceptors (Lipinski definition) is 4. The smallest absolute Gasteiger partial charge is 0.325 e. The van der Waals surface area contributed by atoms with E-state index in [-0.39, 0.29) is 24.9 Å². The third-order valence-corrected chi connectivity index (χ3v) is 5.35. The molecule has 0 saturated carbocycles. The van der Waals surface area contributed by atoms with Gasteiger partial charge in [-0.3, -0.25) is 19.0 Å². The van der Waals surface area contributed by atoms with Crippen molar-refractivity contribution in [2.24, 2.45) is 0 Å². The Balaban J connectivity index is 1.70. The third kappa shape index (κ3) is 3.75. The minimum Gasteiger partial charge on any atom is -0.480 e. The van der Waals surface area contributed by atoms with Gasteiger partial charge in [0.25, 0.3) is 0 Å². The number of carbonyl (C=O) groups excluding carboxylic acids is 1. The maximum Gasteiger partial charge on any atom is 0.325 e. The summed E-state index contributed by atoms with van der Waals surface area (Å²) in [5, 5.41) is 18.0. The molecule has 0 bridgehead atoms. The van der Waals surface area contributed by atoms with Crippen LogP contribution in [0, 0.1) is 13.8 Å². The second-order valence-electron chi connectivity index (χ2n) is 6.63. The van der Waals surface area contributed by atoms with E-state index in [1.54, 1.807) is 10.9 Å². The molecule has 0 unspecified atom stereocenters. The van der Waals surface area contributed by atoms with Crippen LogP contribution in [0.2, 0.25) is 5.02 Å². The molecule has 26 heavy (non-hydrogen) atoms. The van der Waals surface area contributed by atoms with Crippen LogP contribution in [-0.2, 0) is 22.7 Å². The third-order valence-electron chi connectivity index (χ3n) is 4.81. The average molecular weight is 380 g/mol. The number of piperidine rings is 1. The number of carboxylic acids is 1. The molecule has 8 nitrogen and oxygen atoms in total. The minimum atomic E-state index is -0.930. The molecule has 1 N–H and O–H groups in total. The van der Waals surface area contributed by atoms with Crippen LogP contribution in [-0.4, -0.2) is 54.5 Å². The molecule has 3 rings (SSSR count). The van der Waals surface area contributed by atoms with Gasteiger partial charge in [-0.25, -0.2) is 0 Å². The number of aryl methyl sites for hydroxylation is 1. The van der Waals surface area contributed by atoms with Crippen molar-refractivity contribution in [1.82, 2.24) is 24.5 Å². The van der Waals surface area contributed by atoms with Gasteiger partial charge in [-0.2, -0.15) is 10.2 Å². The van der Waals surface area contributed by atoms with Gasteiger partial charge in [0.15, 0.2) is 0 Å². The monoisotopic (exact) mass is 379 g/mol. The molecular formula is C17H22ClN5O3. The molecular weight excluding hydrogens is 358 g/mol. The fraction of sp³-hybridized carbons (Fsp3) is 0.529. The van der Waals surface area contributed by atoms with Gasteiger partial charge in [-0.15, -0.1) is 0 Å². The number of hydrogen-bond donors (Lipinski definition) is 1. The summed E-state index contributed by atoms with van der Waals surface area (Å²) in [7, 11) is 0. The zero-order valence-electron chi connectivity index (χ0n) is 14.9. The molecule has 2 aromatic rings. The summed E-state index contributed by atoms with van der Waals surface area (Å²) < 4.78 is 3.14. The van der Waals surface area contributed by atoms with Gasteiger partial charge in [0, 0.05) is 30.9 Å². The maximum absolute atomic E-state index is 12.7. The first-order valence-electron chi connectivity index (χ1n) is 8.57. The Morgan fingerprint density at radius 2 is 2.08 bits per heavy atom. The Hall–Kier alpha value is -2.35. The van der Waals surface area contributed by atoms with Crippen LogP contribution < -0.4 is 0 Å². The van der Waals surface area contributed by atoms with Crippen molar-refractivity contribution in [3.8, 4) is 0 Å². The summed E-state index contributed by atoms with van der Waals surface area (Å²) >= 11 is 6.15. The highest BCUT2D eigenvalue weighted by atomic mass is 35.5. The van der Waals surface area contributed by atoms with Crippen LogP contribution in [0.1, 0.15) is 35.8 Å². The number of amides is 1. The molecule has 0 aliphatic carbocycles. The number of carbonyl (C=O) groups is 2. The minimum absolute atomic E-state index is 0.0127. The largest absolute Gasteiger partial charge is 0.480 e. The molecule has 1 aliphatic rings. The van der Waals surface area contributed by atoms with E-state index in [2.05, 4.69) is 10.2 Å². The predicted molar refractivity (Wildman–Crippen MR) is 95.1 cm³/mol. The number of nitrogens with zero attached hydrogens (tertiary/aromatic N) is 5. The quantitative estimate of drug-likeness (QED) is 0.855. The lowest BCUT2D eigenvalue weighted by atomic mass is 9.94. The van der Waals surface area contributed by atoms with E-state index in [9.17, 15) is 9.59 Å². The van der Waals surface area contributed by atoms with E-state index in [1.807, 2.05) is 24.8 Å². The highest BCUT2D eigenvalue weighted by Crippen LogP contribution is 2.27. The lowest BCUT2D eigenvalue weighted by Crippen LogP contribution is -2.41.